The quantitative estimate of drug-likeness (QED) is 0.124. The van der Waals surface area contributed by atoms with Gasteiger partial charge in [0.25, 0.3) is 0 Å². The summed E-state index contributed by atoms with van der Waals surface area (Å²) in [6.07, 6.45) is 4.27. The largest absolute Gasteiger partial charge is 0.456 e. The van der Waals surface area contributed by atoms with Crippen LogP contribution in [-0.4, -0.2) is 48.2 Å². The van der Waals surface area contributed by atoms with Crippen LogP contribution >= 0.6 is 34.0 Å². The van der Waals surface area contributed by atoms with Gasteiger partial charge >= 0.3 is 0 Å². The number of rotatable bonds is 11. The summed E-state index contributed by atoms with van der Waals surface area (Å²) in [6.45, 7) is 0. The van der Waals surface area contributed by atoms with Gasteiger partial charge in [-0.15, -0.1) is 34.0 Å². The summed E-state index contributed by atoms with van der Waals surface area (Å²) in [6, 6.07) is 153. The van der Waals surface area contributed by atoms with Crippen molar-refractivity contribution in [3.63, 3.8) is 0 Å². The standard InChI is InChI=1S/C48H28N4S2.C42H25N3O2.C36H21N3OS/c1-3-11-30(12-4-1)44-47-45(43-42(54-47)24-22-36-35-16-8-10-18-41(35)53-46(36)43)50-48(49-44)52-38-17-9-7-15-34(38)37-27-31(21-23-39(37)52)32-20-19-29-25-26-51(40(29)28-32)33-13-5-2-6-14-33;1-4-14-26(15-5-1)35-29-20-10-12-22-32(29)45(39(35)28-18-8-3-9-19-28)42-43-37(27-16-6-2-7-17-27)41-38(44-42)31-24-25-34-36(40(31)47-41)30-21-11-13-23-33(30)46-34;1-2-9-23(10-3-1)32-35-33(27-18-19-30-31(34(27)40-35)26-11-5-7-13-29(26)41-30)38-36(37-32)24-14-16-25(17-15-24)39-21-20-22-8-4-6-12-28(22)39/h1-28H;1-25H;1-21H. The highest BCUT2D eigenvalue weighted by Gasteiger charge is 2.30. The second-order valence-corrected chi connectivity index (χ2v) is 39.0. The third-order valence-corrected chi connectivity index (χ3v) is 31.2. The predicted molar refractivity (Wildman–Crippen MR) is 589 cm³/mol. The first-order chi connectivity index (χ1) is 70.4. The molecule has 0 spiro atoms. The Bertz CT molecular complexity index is 10500. The zero-order valence-electron chi connectivity index (χ0n) is 75.6. The summed E-state index contributed by atoms with van der Waals surface area (Å²) in [5.41, 5.74) is 28.2. The Morgan fingerprint density at radius 3 is 1.41 bits per heavy atom. The van der Waals surface area contributed by atoms with Crippen LogP contribution in [0.5, 0.6) is 0 Å². The lowest BCUT2D eigenvalue weighted by Crippen LogP contribution is -2.05. The van der Waals surface area contributed by atoms with E-state index in [1.165, 1.54) is 88.7 Å². The van der Waals surface area contributed by atoms with E-state index in [4.69, 9.17) is 43.2 Å². The molecule has 0 saturated heterocycles. The monoisotopic (exact) mass is 1870 g/mol. The minimum absolute atomic E-state index is 0.577. The zero-order chi connectivity index (χ0) is 93.1. The van der Waals surface area contributed by atoms with E-state index in [2.05, 4.69) is 401 Å². The van der Waals surface area contributed by atoms with Crippen LogP contribution in [-0.2, 0) is 0 Å². The van der Waals surface area contributed by atoms with Gasteiger partial charge in [-0.2, -0.15) is 0 Å². The molecule has 142 heavy (non-hydrogen) atoms. The Kier molecular flexibility index (Phi) is 18.6. The second-order valence-electron chi connectivity index (χ2n) is 35.8. The first-order valence-electron chi connectivity index (χ1n) is 47.3. The van der Waals surface area contributed by atoms with E-state index in [0.29, 0.717) is 28.9 Å². The van der Waals surface area contributed by atoms with Crippen LogP contribution in [0.25, 0.3) is 283 Å². The molecule has 0 aliphatic heterocycles. The molecule has 0 aliphatic carbocycles. The Morgan fingerprint density at radius 2 is 0.697 bits per heavy atom. The van der Waals surface area contributed by atoms with Gasteiger partial charge < -0.3 is 22.4 Å². The Hall–Kier alpha value is -18.3. The number of para-hydroxylation sites is 5. The summed E-state index contributed by atoms with van der Waals surface area (Å²) in [4.78, 5) is 31.9. The maximum absolute atomic E-state index is 6.79. The van der Waals surface area contributed by atoms with Crippen LogP contribution in [0.15, 0.2) is 462 Å². The maximum Gasteiger partial charge on any atom is 0.236 e. The lowest BCUT2D eigenvalue weighted by Gasteiger charge is -2.13. The molecule has 0 unspecified atom stereocenters. The molecular formula is C126H74N10O3S3. The number of thiophene rings is 3. The van der Waals surface area contributed by atoms with Gasteiger partial charge in [0.2, 0.25) is 11.9 Å². The predicted octanol–water partition coefficient (Wildman–Crippen LogP) is 34.8. The topological polar surface area (TPSA) is 136 Å². The number of aromatic nitrogens is 10. The molecule has 13 aromatic heterocycles. The molecule has 18 aromatic carbocycles. The molecule has 0 aliphatic rings. The van der Waals surface area contributed by atoms with E-state index < -0.39 is 0 Å². The molecule has 31 rings (SSSR count). The van der Waals surface area contributed by atoms with Crippen molar-refractivity contribution >= 4 is 215 Å². The summed E-state index contributed by atoms with van der Waals surface area (Å²) in [7, 11) is 0. The summed E-state index contributed by atoms with van der Waals surface area (Å²) < 4.78 is 36.0. The van der Waals surface area contributed by atoms with E-state index in [0.717, 1.165) is 166 Å². The van der Waals surface area contributed by atoms with E-state index >= 15 is 0 Å². The molecule has 13 nitrogen and oxygen atoms in total. The number of hydrogen-bond acceptors (Lipinski definition) is 12. The number of hydrogen-bond donors (Lipinski definition) is 0. The van der Waals surface area contributed by atoms with Gasteiger partial charge in [-0.3, -0.25) is 9.13 Å². The van der Waals surface area contributed by atoms with Gasteiger partial charge in [0.1, 0.15) is 44.8 Å². The smallest absolute Gasteiger partial charge is 0.236 e. The SMILES string of the molecule is c1ccc(-c2c(-c3ccccc3)n(-c3nc(-c4ccccc4)c4oc5c(ccc6oc7ccccc7c65)c4n3)c3ccccc23)cc1.c1ccc(-c2nc(-c3ccc(-n4ccc5ccccc54)cc3)nc3c2oc2c3ccc3sc4ccccc4c32)cc1.c1ccc(-c2nc(-n3c4ccccc4c4cc(-c5ccc6ccn(-c7ccccc7)c6c5)ccc43)nc3c2sc2ccc4c5ccccc5sc4c23)cc1. The third kappa shape index (κ3) is 13.0. The molecule has 664 valence electrons. The second kappa shape index (κ2) is 32.7. The molecular weight excluding hydrogens is 1800 g/mol. The maximum atomic E-state index is 6.79. The van der Waals surface area contributed by atoms with Crippen LogP contribution in [0.3, 0.4) is 0 Å². The van der Waals surface area contributed by atoms with Crippen molar-refractivity contribution in [2.75, 3.05) is 0 Å². The Labute approximate surface area is 821 Å². The van der Waals surface area contributed by atoms with Crippen LogP contribution in [0.2, 0.25) is 0 Å². The minimum Gasteiger partial charge on any atom is -0.456 e. The van der Waals surface area contributed by atoms with Gasteiger partial charge in [0, 0.05) is 134 Å². The number of furan rings is 3. The molecule has 13 heterocycles. The number of fused-ring (bicyclic) bond motifs is 27. The summed E-state index contributed by atoms with van der Waals surface area (Å²) in [5, 5.41) is 15.9. The van der Waals surface area contributed by atoms with Crippen molar-refractivity contribution in [2.45, 2.75) is 0 Å². The molecule has 0 radical (unpaired) electrons. The Morgan fingerprint density at radius 1 is 0.218 bits per heavy atom. The molecule has 0 fully saturated rings. The number of benzene rings is 18. The van der Waals surface area contributed by atoms with Crippen molar-refractivity contribution < 1.29 is 13.3 Å². The fourth-order valence-electron chi connectivity index (χ4n) is 21.2. The van der Waals surface area contributed by atoms with E-state index in [-0.39, 0.29) is 0 Å². The highest BCUT2D eigenvalue weighted by atomic mass is 32.1. The van der Waals surface area contributed by atoms with Crippen molar-refractivity contribution in [1.82, 2.24) is 48.2 Å². The van der Waals surface area contributed by atoms with Crippen LogP contribution in [0.1, 0.15) is 0 Å². The van der Waals surface area contributed by atoms with Gasteiger partial charge in [-0.05, 0) is 166 Å². The van der Waals surface area contributed by atoms with Gasteiger partial charge in [0.15, 0.2) is 17.0 Å². The first-order valence-corrected chi connectivity index (χ1v) is 49.8. The Balaban J connectivity index is 0.000000103. The van der Waals surface area contributed by atoms with Crippen LogP contribution < -0.4 is 0 Å². The highest BCUT2D eigenvalue weighted by molar-refractivity contribution is 7.30. The molecule has 31 aromatic rings. The molecule has 16 heteroatoms. The molecule has 0 amide bonds. The van der Waals surface area contributed by atoms with Crippen molar-refractivity contribution in [3.8, 4) is 102 Å². The van der Waals surface area contributed by atoms with Crippen LogP contribution in [0, 0.1) is 0 Å². The molecule has 0 bridgehead atoms. The average Bonchev–Trinajstić information content (AvgIpc) is 1.54. The van der Waals surface area contributed by atoms with Gasteiger partial charge in [0.05, 0.1) is 54.6 Å². The molecule has 0 N–H and O–H groups in total. The fraction of sp³-hybridized carbons (Fsp3) is 0. The summed E-state index contributed by atoms with van der Waals surface area (Å²) in [5.74, 6) is 1.94. The molecule has 0 saturated carbocycles. The van der Waals surface area contributed by atoms with E-state index in [1.54, 1.807) is 22.7 Å². The van der Waals surface area contributed by atoms with Crippen molar-refractivity contribution in [2.24, 2.45) is 0 Å². The normalized spacial score (nSPS) is 11.9. The minimum atomic E-state index is 0.577. The average molecular weight is 1870 g/mol. The lowest BCUT2D eigenvalue weighted by molar-refractivity contribution is 0.662. The zero-order valence-corrected chi connectivity index (χ0v) is 78.1. The van der Waals surface area contributed by atoms with Gasteiger partial charge in [-0.1, -0.05) is 303 Å². The fourth-order valence-corrected chi connectivity index (χ4v) is 24.8. The lowest BCUT2D eigenvalue weighted by atomic mass is 9.98. The third-order valence-electron chi connectivity index (χ3n) is 27.7. The van der Waals surface area contributed by atoms with Crippen molar-refractivity contribution in [1.29, 1.82) is 0 Å². The molecule has 0 atom stereocenters. The number of nitrogens with zero attached hydrogens (tertiary/aromatic N) is 10. The van der Waals surface area contributed by atoms with Crippen molar-refractivity contribution in [3.05, 3.63) is 449 Å². The first kappa shape index (κ1) is 80.9. The van der Waals surface area contributed by atoms with E-state index in [1.807, 2.05) is 78.1 Å². The van der Waals surface area contributed by atoms with Gasteiger partial charge in [-0.25, -0.2) is 29.9 Å². The summed E-state index contributed by atoms with van der Waals surface area (Å²) >= 11 is 5.44. The highest BCUT2D eigenvalue weighted by Crippen LogP contribution is 2.51. The van der Waals surface area contributed by atoms with Crippen LogP contribution in [0.4, 0.5) is 0 Å². The van der Waals surface area contributed by atoms with E-state index in [9.17, 15) is 0 Å².